The maximum absolute atomic E-state index is 12.7. The zero-order valence-electron chi connectivity index (χ0n) is 36.5. The Morgan fingerprint density at radius 1 is 0.581 bits per heavy atom. The van der Waals surface area contributed by atoms with Gasteiger partial charge in [0.05, 0.1) is 38.1 Å². The summed E-state index contributed by atoms with van der Waals surface area (Å²) in [5.74, 6) is -1.39. The molecule has 0 amide bonds. The highest BCUT2D eigenvalue weighted by Crippen LogP contribution is 2.43. The second-order valence-corrected chi connectivity index (χ2v) is 17.2. The van der Waals surface area contributed by atoms with Gasteiger partial charge >= 0.3 is 27.6 Å². The Hall–Kier alpha value is -2.82. The van der Waals surface area contributed by atoms with Gasteiger partial charge in [-0.3, -0.25) is 23.2 Å². The van der Waals surface area contributed by atoms with Crippen molar-refractivity contribution in [3.63, 3.8) is 0 Å². The standard InChI is InChI=1S/C44H74O16P2/c1-3-5-7-8-9-10-11-12-13-14-15-16-17-22-26-32-44(50)60-40(37-59-62(54,55)58-35-39(46)34-57-61(51,52)53)36-56-43(49)33-27-31-42(48)41(47)30-25-21-19-18-20-24-29-38(45)28-23-6-4-2/h6,10-13,18-21,23-25,29-30,38-42,45-48H,3-5,7-9,14-17,22,26-28,31-37H2,1-2H3,(H,54,55)(H2,51,52,53)/b11-10-,13-12-,20-18+,21-19-,23-6-,29-24+,30-25-/t38-,39+,40-,41+,42+/m1/s1. The molecule has 16 nitrogen and oxygen atoms in total. The van der Waals surface area contributed by atoms with E-state index in [1.54, 1.807) is 42.5 Å². The second kappa shape index (κ2) is 38.6. The molecule has 0 aromatic rings. The highest BCUT2D eigenvalue weighted by atomic mass is 31.2. The normalized spacial score (nSPS) is 16.3. The van der Waals surface area contributed by atoms with Crippen LogP contribution in [0.15, 0.2) is 85.1 Å². The third kappa shape index (κ3) is 40.0. The fourth-order valence-electron chi connectivity index (χ4n) is 5.21. The first-order valence-corrected chi connectivity index (χ1v) is 24.6. The number of carbonyl (C=O) groups is 2. The van der Waals surface area contributed by atoms with Crippen LogP contribution in [-0.4, -0.2) is 104 Å². The third-order valence-electron chi connectivity index (χ3n) is 8.63. The van der Waals surface area contributed by atoms with Crippen molar-refractivity contribution in [3.05, 3.63) is 85.1 Å². The molecule has 18 heteroatoms. The first-order valence-electron chi connectivity index (χ1n) is 21.6. The number of allylic oxidation sites excluding steroid dienone is 11. The maximum Gasteiger partial charge on any atom is 0.472 e. The molecule has 0 aromatic carbocycles. The fourth-order valence-corrected chi connectivity index (χ4v) is 6.36. The van der Waals surface area contributed by atoms with Crippen LogP contribution in [0.1, 0.15) is 123 Å². The van der Waals surface area contributed by atoms with Gasteiger partial charge in [0, 0.05) is 12.8 Å². The summed E-state index contributed by atoms with van der Waals surface area (Å²) in [6, 6.07) is 0. The first-order chi connectivity index (χ1) is 29.6. The average Bonchev–Trinajstić information content (AvgIpc) is 3.22. The molecular formula is C44H74O16P2. The molecule has 0 spiro atoms. The predicted octanol–water partition coefficient (Wildman–Crippen LogP) is 7.69. The molecule has 1 unspecified atom stereocenters. The van der Waals surface area contributed by atoms with Crippen molar-refractivity contribution >= 4 is 27.6 Å². The molecule has 0 aliphatic carbocycles. The van der Waals surface area contributed by atoms with Crippen molar-refractivity contribution in [2.45, 2.75) is 154 Å². The second-order valence-electron chi connectivity index (χ2n) is 14.5. The van der Waals surface area contributed by atoms with Crippen molar-refractivity contribution < 1.29 is 76.9 Å². The van der Waals surface area contributed by atoms with Crippen LogP contribution in [0.2, 0.25) is 0 Å². The Labute approximate surface area is 368 Å². The van der Waals surface area contributed by atoms with Crippen molar-refractivity contribution in [2.24, 2.45) is 0 Å². The van der Waals surface area contributed by atoms with Crippen molar-refractivity contribution in [1.29, 1.82) is 0 Å². The van der Waals surface area contributed by atoms with E-state index >= 15 is 0 Å². The van der Waals surface area contributed by atoms with Crippen LogP contribution in [-0.2, 0) is 41.8 Å². The van der Waals surface area contributed by atoms with Gasteiger partial charge in [-0.25, -0.2) is 9.13 Å². The lowest BCUT2D eigenvalue weighted by Gasteiger charge is -2.20. The summed E-state index contributed by atoms with van der Waals surface area (Å²) in [6.45, 7) is 1.12. The zero-order valence-corrected chi connectivity index (χ0v) is 38.3. The number of hydrogen-bond donors (Lipinski definition) is 7. The Morgan fingerprint density at radius 3 is 1.79 bits per heavy atom. The summed E-state index contributed by atoms with van der Waals surface area (Å²) >= 11 is 0. The number of rotatable bonds is 39. The van der Waals surface area contributed by atoms with Crippen LogP contribution in [0.4, 0.5) is 0 Å². The number of unbranched alkanes of at least 4 members (excludes halogenated alkanes) is 9. The SMILES string of the molecule is CC/C=C\C[C@@H](O)/C=C/C=C/C=C\C=C/[C@H](O)[C@@H](O)CCCC(=O)OC[C@H](COP(=O)(O)OC[C@@H](O)COP(=O)(O)O)OC(=O)CCCCCCC/C=C\C=C/CCCCCC. The number of phosphoric acid groups is 2. The molecule has 0 heterocycles. The van der Waals surface area contributed by atoms with Gasteiger partial charge in [-0.1, -0.05) is 137 Å². The molecule has 0 saturated carbocycles. The number of hydrogen-bond acceptors (Lipinski definition) is 13. The number of esters is 2. The summed E-state index contributed by atoms with van der Waals surface area (Å²) in [4.78, 5) is 52.7. The van der Waals surface area contributed by atoms with E-state index in [0.29, 0.717) is 12.8 Å². The Kier molecular flexibility index (Phi) is 36.9. The van der Waals surface area contributed by atoms with Crippen molar-refractivity contribution in [1.82, 2.24) is 0 Å². The van der Waals surface area contributed by atoms with E-state index in [4.69, 9.17) is 23.8 Å². The number of aliphatic hydroxyl groups is 4. The number of aliphatic hydroxyl groups excluding tert-OH is 4. The predicted molar refractivity (Wildman–Crippen MR) is 238 cm³/mol. The van der Waals surface area contributed by atoms with Crippen molar-refractivity contribution in [2.75, 3.05) is 26.4 Å². The minimum absolute atomic E-state index is 0.0351. The van der Waals surface area contributed by atoms with E-state index in [9.17, 15) is 44.0 Å². The van der Waals surface area contributed by atoms with Gasteiger partial charge in [-0.2, -0.15) is 0 Å². The van der Waals surface area contributed by atoms with Gasteiger partial charge in [0.25, 0.3) is 0 Å². The summed E-state index contributed by atoms with van der Waals surface area (Å²) in [7, 11) is -9.81. The van der Waals surface area contributed by atoms with Gasteiger partial charge in [-0.15, -0.1) is 0 Å². The Balaban J connectivity index is 4.88. The molecule has 0 rings (SSSR count). The van der Waals surface area contributed by atoms with Gasteiger partial charge in [0.1, 0.15) is 12.7 Å². The zero-order chi connectivity index (χ0) is 46.3. The van der Waals surface area contributed by atoms with Crippen LogP contribution in [0.3, 0.4) is 0 Å². The molecule has 0 aliphatic heterocycles. The molecule has 7 N–H and O–H groups in total. The van der Waals surface area contributed by atoms with Gasteiger partial charge in [-0.05, 0) is 57.8 Å². The Bertz CT molecular complexity index is 1470. The van der Waals surface area contributed by atoms with Crippen LogP contribution in [0, 0.1) is 0 Å². The van der Waals surface area contributed by atoms with E-state index in [-0.39, 0.29) is 25.7 Å². The number of ether oxygens (including phenoxy) is 2. The molecule has 0 aromatic heterocycles. The minimum Gasteiger partial charge on any atom is -0.462 e. The summed E-state index contributed by atoms with van der Waals surface area (Å²) in [6.07, 6.45) is 32.3. The molecule has 6 atom stereocenters. The molecule has 0 bridgehead atoms. The molecule has 0 saturated heterocycles. The number of phosphoric ester groups is 2. The van der Waals surface area contributed by atoms with E-state index in [2.05, 4.69) is 40.3 Å². The average molecular weight is 921 g/mol. The smallest absolute Gasteiger partial charge is 0.462 e. The van der Waals surface area contributed by atoms with Gasteiger partial charge < -0.3 is 44.6 Å². The quantitative estimate of drug-likeness (QED) is 0.0103. The monoisotopic (exact) mass is 920 g/mol. The highest BCUT2D eigenvalue weighted by molar-refractivity contribution is 7.47. The fraction of sp³-hybridized carbons (Fsp3) is 0.636. The summed E-state index contributed by atoms with van der Waals surface area (Å²) in [5.41, 5.74) is 0. The molecule has 356 valence electrons. The largest absolute Gasteiger partial charge is 0.472 e. The van der Waals surface area contributed by atoms with Gasteiger partial charge in [0.15, 0.2) is 6.10 Å². The lowest BCUT2D eigenvalue weighted by molar-refractivity contribution is -0.161. The molecule has 0 radical (unpaired) electrons. The maximum atomic E-state index is 12.7. The lowest BCUT2D eigenvalue weighted by atomic mass is 10.1. The molecule has 0 fully saturated rings. The highest BCUT2D eigenvalue weighted by Gasteiger charge is 2.28. The van der Waals surface area contributed by atoms with Crippen LogP contribution in [0.25, 0.3) is 0 Å². The third-order valence-corrected chi connectivity index (χ3v) is 10.1. The van der Waals surface area contributed by atoms with E-state index in [1.165, 1.54) is 31.8 Å². The topological polar surface area (TPSA) is 256 Å². The number of carbonyl (C=O) groups excluding carboxylic acids is 2. The molecular weight excluding hydrogens is 846 g/mol. The van der Waals surface area contributed by atoms with Gasteiger partial charge in [0.2, 0.25) is 0 Å². The van der Waals surface area contributed by atoms with E-state index in [1.807, 2.05) is 19.1 Å². The first kappa shape index (κ1) is 59.2. The molecule has 0 aliphatic rings. The van der Waals surface area contributed by atoms with Crippen LogP contribution >= 0.6 is 15.6 Å². The lowest BCUT2D eigenvalue weighted by Crippen LogP contribution is -2.30. The molecule has 62 heavy (non-hydrogen) atoms. The minimum atomic E-state index is -4.91. The van der Waals surface area contributed by atoms with Crippen LogP contribution < -0.4 is 0 Å². The Morgan fingerprint density at radius 2 is 1.15 bits per heavy atom. The van der Waals surface area contributed by atoms with Crippen LogP contribution in [0.5, 0.6) is 0 Å². The van der Waals surface area contributed by atoms with Crippen molar-refractivity contribution in [3.8, 4) is 0 Å². The summed E-state index contributed by atoms with van der Waals surface area (Å²) in [5, 5.41) is 40.1. The summed E-state index contributed by atoms with van der Waals surface area (Å²) < 4.78 is 47.5. The van der Waals surface area contributed by atoms with E-state index in [0.717, 1.165) is 44.9 Å². The van der Waals surface area contributed by atoms with E-state index < -0.39 is 84.5 Å².